The largest absolute Gasteiger partial charge is 0.354 e. The van der Waals surface area contributed by atoms with Gasteiger partial charge in [0.1, 0.15) is 0 Å². The van der Waals surface area contributed by atoms with Gasteiger partial charge in [-0.15, -0.1) is 5.06 Å². The minimum absolute atomic E-state index is 0.0141. The SMILES string of the molecule is CCC1=C(C)c2cc3[nH]c(c(C)c3CC)c(Br)c3nc(c4c5[nH]c(cc1n2)c(C)c5C(=O)C4)C(CC(=O)ON1C(=O)CCC1=O)[C@@H]3C. The smallest absolute Gasteiger partial charge is 0.333 e. The highest BCUT2D eigenvalue weighted by Gasteiger charge is 2.40. The molecule has 3 aromatic heterocycles. The van der Waals surface area contributed by atoms with E-state index in [1.54, 1.807) is 0 Å². The first-order valence-corrected chi connectivity index (χ1v) is 17.0. The molecule has 2 amide bonds. The zero-order chi connectivity index (χ0) is 33.5. The lowest BCUT2D eigenvalue weighted by Crippen LogP contribution is -2.32. The third kappa shape index (κ3) is 4.80. The zero-order valence-electron chi connectivity index (χ0n) is 27.3. The highest BCUT2D eigenvalue weighted by Crippen LogP contribution is 2.46. The Balaban J connectivity index is 1.52. The van der Waals surface area contributed by atoms with Crippen LogP contribution < -0.4 is 0 Å². The molecule has 1 unspecified atom stereocenters. The lowest BCUT2D eigenvalue weighted by Gasteiger charge is -2.19. The Kier molecular flexibility index (Phi) is 7.57. The monoisotopic (exact) mass is 697 g/mol. The Hall–Kier alpha value is -4.38. The molecule has 0 saturated carbocycles. The molecule has 3 aliphatic heterocycles. The van der Waals surface area contributed by atoms with Crippen LogP contribution in [0, 0.1) is 13.8 Å². The molecular formula is C36H36BrN5O5. The molecule has 8 bridgehead atoms. The van der Waals surface area contributed by atoms with E-state index in [0.29, 0.717) is 21.8 Å². The topological polar surface area (TPSA) is 138 Å². The number of Topliss-reactive ketones (excluding diaryl/α,β-unsaturated/α-hetero) is 1. The average Bonchev–Trinajstić information content (AvgIpc) is 3.84. The summed E-state index contributed by atoms with van der Waals surface area (Å²) in [5, 5.41) is 0.579. The van der Waals surface area contributed by atoms with Crippen LogP contribution in [0.4, 0.5) is 0 Å². The number of nitrogens with one attached hydrogen (secondary N) is 2. The number of fused-ring (bicyclic) bond motifs is 8. The summed E-state index contributed by atoms with van der Waals surface area (Å²) < 4.78 is 0.770. The van der Waals surface area contributed by atoms with Crippen molar-refractivity contribution in [1.82, 2.24) is 25.0 Å². The fourth-order valence-electron chi connectivity index (χ4n) is 7.61. The van der Waals surface area contributed by atoms with Crippen LogP contribution in [0.25, 0.3) is 33.2 Å². The van der Waals surface area contributed by atoms with Crippen molar-refractivity contribution in [2.45, 2.75) is 91.9 Å². The summed E-state index contributed by atoms with van der Waals surface area (Å²) in [5.41, 5.74) is 13.3. The number of nitrogens with zero attached hydrogens (tertiary/aromatic N) is 3. The van der Waals surface area contributed by atoms with Crippen molar-refractivity contribution < 1.29 is 24.0 Å². The highest BCUT2D eigenvalue weighted by atomic mass is 79.9. The fraction of sp³-hybridized carbons (Fsp3) is 0.389. The van der Waals surface area contributed by atoms with Gasteiger partial charge in [-0.3, -0.25) is 19.4 Å². The Morgan fingerprint density at radius 3 is 2.30 bits per heavy atom. The average molecular weight is 699 g/mol. The van der Waals surface area contributed by atoms with Crippen LogP contribution in [0.15, 0.2) is 16.6 Å². The van der Waals surface area contributed by atoms with Gasteiger partial charge in [-0.2, -0.15) is 0 Å². The molecule has 1 saturated heterocycles. The van der Waals surface area contributed by atoms with Gasteiger partial charge in [-0.1, -0.05) is 20.8 Å². The molecule has 47 heavy (non-hydrogen) atoms. The van der Waals surface area contributed by atoms with Gasteiger partial charge in [0.05, 0.1) is 44.7 Å². The summed E-state index contributed by atoms with van der Waals surface area (Å²) >= 11 is 3.89. The first-order valence-electron chi connectivity index (χ1n) is 16.2. The molecule has 2 atom stereocenters. The zero-order valence-corrected chi connectivity index (χ0v) is 28.9. The summed E-state index contributed by atoms with van der Waals surface area (Å²) in [6, 6.07) is 4.14. The van der Waals surface area contributed by atoms with E-state index in [9.17, 15) is 19.2 Å². The second-order valence-electron chi connectivity index (χ2n) is 12.8. The van der Waals surface area contributed by atoms with E-state index in [-0.39, 0.29) is 37.4 Å². The summed E-state index contributed by atoms with van der Waals surface area (Å²) in [6.45, 7) is 12.4. The van der Waals surface area contributed by atoms with E-state index < -0.39 is 23.7 Å². The number of carbonyl (C=O) groups is 4. The maximum absolute atomic E-state index is 13.6. The quantitative estimate of drug-likeness (QED) is 0.269. The van der Waals surface area contributed by atoms with Gasteiger partial charge < -0.3 is 14.8 Å². The summed E-state index contributed by atoms with van der Waals surface area (Å²) in [6.07, 6.45) is 1.66. The maximum Gasteiger partial charge on any atom is 0.333 e. The summed E-state index contributed by atoms with van der Waals surface area (Å²) in [4.78, 5) is 74.1. The van der Waals surface area contributed by atoms with Gasteiger partial charge in [0.2, 0.25) is 0 Å². The van der Waals surface area contributed by atoms with Crippen LogP contribution in [0.3, 0.4) is 0 Å². The molecule has 0 aromatic carbocycles. The van der Waals surface area contributed by atoms with Gasteiger partial charge in [-0.05, 0) is 89.5 Å². The van der Waals surface area contributed by atoms with E-state index in [2.05, 4.69) is 59.7 Å². The van der Waals surface area contributed by atoms with Crippen LogP contribution in [-0.2, 0) is 32.1 Å². The molecule has 3 aromatic rings. The number of imide groups is 1. The number of amides is 2. The van der Waals surface area contributed by atoms with Gasteiger partial charge in [0, 0.05) is 53.3 Å². The second-order valence-corrected chi connectivity index (χ2v) is 13.6. The molecule has 2 N–H and O–H groups in total. The minimum Gasteiger partial charge on any atom is -0.354 e. The Labute approximate surface area is 280 Å². The third-order valence-electron chi connectivity index (χ3n) is 10.2. The molecule has 7 rings (SSSR count). The number of halogens is 1. The first-order chi connectivity index (χ1) is 22.4. The Morgan fingerprint density at radius 2 is 1.62 bits per heavy atom. The van der Waals surface area contributed by atoms with Crippen molar-refractivity contribution >= 4 is 72.7 Å². The number of H-pyrrole nitrogens is 2. The van der Waals surface area contributed by atoms with Crippen LogP contribution in [0.5, 0.6) is 0 Å². The Bertz CT molecular complexity index is 2140. The minimum atomic E-state index is -0.704. The van der Waals surface area contributed by atoms with Crippen molar-refractivity contribution in [3.8, 4) is 0 Å². The van der Waals surface area contributed by atoms with E-state index in [0.717, 1.165) is 78.8 Å². The summed E-state index contributed by atoms with van der Waals surface area (Å²) in [7, 11) is 0. The van der Waals surface area contributed by atoms with E-state index in [4.69, 9.17) is 14.8 Å². The lowest BCUT2D eigenvalue weighted by molar-refractivity contribution is -0.197. The van der Waals surface area contributed by atoms with Crippen LogP contribution in [0.1, 0.15) is 121 Å². The molecule has 4 aliphatic rings. The van der Waals surface area contributed by atoms with Crippen molar-refractivity contribution in [3.05, 3.63) is 67.2 Å². The highest BCUT2D eigenvalue weighted by molar-refractivity contribution is 9.10. The summed E-state index contributed by atoms with van der Waals surface area (Å²) in [5.74, 6) is -2.52. The number of aryl methyl sites for hydroxylation is 3. The van der Waals surface area contributed by atoms with Gasteiger partial charge in [0.15, 0.2) is 5.78 Å². The molecule has 0 spiro atoms. The van der Waals surface area contributed by atoms with Crippen LogP contribution in [-0.4, -0.2) is 48.6 Å². The lowest BCUT2D eigenvalue weighted by atomic mass is 9.86. The van der Waals surface area contributed by atoms with E-state index >= 15 is 0 Å². The number of hydrogen-bond acceptors (Lipinski definition) is 7. The van der Waals surface area contributed by atoms with Crippen LogP contribution >= 0.6 is 15.9 Å². The predicted molar refractivity (Wildman–Crippen MR) is 181 cm³/mol. The van der Waals surface area contributed by atoms with Gasteiger partial charge >= 0.3 is 5.97 Å². The second kappa shape index (κ2) is 11.4. The number of hydroxylamine groups is 2. The number of hydrogen-bond donors (Lipinski definition) is 2. The molecule has 1 fully saturated rings. The molecule has 10 nitrogen and oxygen atoms in total. The molecule has 242 valence electrons. The van der Waals surface area contributed by atoms with Crippen molar-refractivity contribution in [3.63, 3.8) is 0 Å². The number of aromatic nitrogens is 4. The maximum atomic E-state index is 13.6. The molecular weight excluding hydrogens is 662 g/mol. The van der Waals surface area contributed by atoms with Crippen molar-refractivity contribution in [1.29, 1.82) is 0 Å². The number of allylic oxidation sites excluding steroid dienone is 2. The molecule has 11 heteroatoms. The standard InChI is InChI=1S/C36H36BrN5O5/c1-7-19-15(3)23-13-26-20(8-2)16(4)33(40-26)32(37)34-17(5)21(12-30(46)47-42-28(44)9-10-29(42)45)35(41-34)22-11-27(43)31-18(6)24(39-36(22)31)14-25(19)38-23/h13-14,17,21,39-40H,7-12H2,1-6H3/t17-,21?/m0/s1. The number of aromatic amines is 2. The Morgan fingerprint density at radius 1 is 0.936 bits per heavy atom. The normalized spacial score (nSPS) is 19.0. The molecule has 1 aliphatic carbocycles. The van der Waals surface area contributed by atoms with Crippen molar-refractivity contribution in [2.24, 2.45) is 0 Å². The molecule has 0 radical (unpaired) electrons. The number of carbonyl (C=O) groups excluding carboxylic acids is 4. The van der Waals surface area contributed by atoms with Gasteiger partial charge in [-0.25, -0.2) is 9.78 Å². The number of ketones is 1. The van der Waals surface area contributed by atoms with Crippen LogP contribution in [0.2, 0.25) is 0 Å². The fourth-order valence-corrected chi connectivity index (χ4v) is 8.46. The first kappa shape index (κ1) is 31.2. The molecule has 6 heterocycles. The van der Waals surface area contributed by atoms with E-state index in [1.165, 1.54) is 5.56 Å². The third-order valence-corrected chi connectivity index (χ3v) is 11.0. The van der Waals surface area contributed by atoms with E-state index in [1.807, 2.05) is 19.9 Å². The predicted octanol–water partition coefficient (Wildman–Crippen LogP) is 7.22. The van der Waals surface area contributed by atoms with Gasteiger partial charge in [0.25, 0.3) is 11.8 Å². The van der Waals surface area contributed by atoms with Crippen molar-refractivity contribution in [2.75, 3.05) is 0 Å². The number of rotatable bonds is 5.